The van der Waals surface area contributed by atoms with Gasteiger partial charge in [-0.15, -0.1) is 0 Å². The van der Waals surface area contributed by atoms with Gasteiger partial charge in [-0.05, 0) is 73.5 Å². The van der Waals surface area contributed by atoms with Crippen LogP contribution in [-0.2, 0) is 0 Å². The van der Waals surface area contributed by atoms with Gasteiger partial charge < -0.3 is 4.57 Å². The van der Waals surface area contributed by atoms with Crippen molar-refractivity contribution in [3.05, 3.63) is 164 Å². The fraction of sp³-hybridized carbons (Fsp3) is 0. The molecule has 1 nitrogen and oxygen atoms in total. The quantitative estimate of drug-likeness (QED) is 0.195. The van der Waals surface area contributed by atoms with Crippen molar-refractivity contribution in [1.29, 1.82) is 0 Å². The maximum absolute atomic E-state index is 2.51. The summed E-state index contributed by atoms with van der Waals surface area (Å²) in [5.74, 6) is 0. The van der Waals surface area contributed by atoms with E-state index in [1.54, 1.807) is 0 Å². The maximum atomic E-state index is 2.51. The smallest absolute Gasteiger partial charge is 0.0625 e. The van der Waals surface area contributed by atoms with Gasteiger partial charge in [0.25, 0.3) is 0 Å². The number of benzene rings is 8. The first-order chi connectivity index (χ1) is 21.3. The van der Waals surface area contributed by atoms with Crippen LogP contribution in [0.4, 0.5) is 0 Å². The minimum absolute atomic E-state index is 1.16. The highest BCUT2D eigenvalue weighted by atomic mass is 15.0. The summed E-state index contributed by atoms with van der Waals surface area (Å²) in [5.41, 5.74) is 8.47. The first kappa shape index (κ1) is 24.0. The molecule has 8 aromatic carbocycles. The highest BCUT2D eigenvalue weighted by Crippen LogP contribution is 2.43. The largest absolute Gasteiger partial charge is 0.309 e. The van der Waals surface area contributed by atoms with Crippen molar-refractivity contribution < 1.29 is 0 Å². The minimum atomic E-state index is 1.16. The monoisotopic (exact) mass is 545 g/mol. The predicted molar refractivity (Wildman–Crippen MR) is 184 cm³/mol. The molecule has 9 rings (SSSR count). The van der Waals surface area contributed by atoms with Gasteiger partial charge in [0.05, 0.1) is 11.0 Å². The Hall–Kier alpha value is -5.66. The van der Waals surface area contributed by atoms with E-state index in [1.807, 2.05) is 0 Å². The molecule has 1 heterocycles. The van der Waals surface area contributed by atoms with E-state index in [0.717, 1.165) is 5.69 Å². The lowest BCUT2D eigenvalue weighted by molar-refractivity contribution is 1.19. The van der Waals surface area contributed by atoms with Crippen LogP contribution in [-0.4, -0.2) is 4.57 Å². The molecule has 1 aromatic heterocycles. The van der Waals surface area contributed by atoms with E-state index in [4.69, 9.17) is 0 Å². The molecule has 0 aliphatic heterocycles. The van der Waals surface area contributed by atoms with Crippen molar-refractivity contribution in [2.45, 2.75) is 0 Å². The molecule has 0 amide bonds. The zero-order chi connectivity index (χ0) is 28.3. The van der Waals surface area contributed by atoms with Crippen molar-refractivity contribution in [1.82, 2.24) is 4.57 Å². The van der Waals surface area contributed by atoms with Crippen LogP contribution in [0.5, 0.6) is 0 Å². The summed E-state index contributed by atoms with van der Waals surface area (Å²) in [6.07, 6.45) is 0. The normalized spacial score (nSPS) is 11.7. The van der Waals surface area contributed by atoms with Crippen LogP contribution in [0.3, 0.4) is 0 Å². The second-order valence-electron chi connectivity index (χ2n) is 11.3. The van der Waals surface area contributed by atoms with Gasteiger partial charge in [0.15, 0.2) is 0 Å². The van der Waals surface area contributed by atoms with Crippen molar-refractivity contribution in [2.24, 2.45) is 0 Å². The molecule has 0 unspecified atom stereocenters. The lowest BCUT2D eigenvalue weighted by Crippen LogP contribution is -1.97. The molecule has 0 spiro atoms. The number of para-hydroxylation sites is 1. The Kier molecular flexibility index (Phi) is 5.27. The summed E-state index contributed by atoms with van der Waals surface area (Å²) in [5, 5.41) is 10.3. The van der Waals surface area contributed by atoms with E-state index < -0.39 is 0 Å². The third-order valence-corrected chi connectivity index (χ3v) is 8.93. The van der Waals surface area contributed by atoms with Gasteiger partial charge in [0.1, 0.15) is 0 Å². The average Bonchev–Trinajstić information content (AvgIpc) is 3.43. The van der Waals surface area contributed by atoms with Gasteiger partial charge in [0, 0.05) is 21.8 Å². The van der Waals surface area contributed by atoms with Crippen LogP contribution < -0.4 is 0 Å². The molecule has 0 saturated carbocycles. The molecule has 0 aliphatic rings. The second-order valence-corrected chi connectivity index (χ2v) is 11.3. The zero-order valence-electron chi connectivity index (χ0n) is 23.5. The van der Waals surface area contributed by atoms with Gasteiger partial charge in [0.2, 0.25) is 0 Å². The Morgan fingerprint density at radius 2 is 0.744 bits per heavy atom. The van der Waals surface area contributed by atoms with Crippen molar-refractivity contribution in [3.8, 4) is 27.9 Å². The predicted octanol–water partition coefficient (Wildman–Crippen LogP) is 11.6. The van der Waals surface area contributed by atoms with E-state index in [2.05, 4.69) is 168 Å². The van der Waals surface area contributed by atoms with E-state index in [9.17, 15) is 0 Å². The summed E-state index contributed by atoms with van der Waals surface area (Å²) in [6.45, 7) is 0. The molecule has 0 fully saturated rings. The zero-order valence-corrected chi connectivity index (χ0v) is 23.5. The van der Waals surface area contributed by atoms with Crippen molar-refractivity contribution >= 4 is 54.1 Å². The third kappa shape index (κ3) is 3.65. The lowest BCUT2D eigenvalue weighted by atomic mass is 9.93. The molecule has 1 heteroatoms. The Morgan fingerprint density at radius 1 is 0.302 bits per heavy atom. The molecule has 0 N–H and O–H groups in total. The standard InChI is InChI=1S/C42H27N/c1-3-13-28(14-4-1)30-25-31(29-15-5-2-6-16-29)27-32(26-30)43-40-22-12-11-20-36(40)39-24-23-38-35-19-8-7-17-33(35)34-18-9-10-21-37(34)41(38)42(39)43/h1-27H. The van der Waals surface area contributed by atoms with Crippen LogP contribution in [0.1, 0.15) is 0 Å². The molecule has 0 atom stereocenters. The van der Waals surface area contributed by atoms with Gasteiger partial charge in [-0.2, -0.15) is 0 Å². The highest BCUT2D eigenvalue weighted by molar-refractivity contribution is 6.33. The lowest BCUT2D eigenvalue weighted by Gasteiger charge is -2.16. The molecule has 200 valence electrons. The fourth-order valence-corrected chi connectivity index (χ4v) is 7.05. The number of hydrogen-bond acceptors (Lipinski definition) is 0. The second kappa shape index (κ2) is 9.44. The third-order valence-electron chi connectivity index (χ3n) is 8.93. The molecular weight excluding hydrogens is 518 g/mol. The summed E-state index contributed by atoms with van der Waals surface area (Å²) in [4.78, 5) is 0. The number of rotatable bonds is 3. The number of aromatic nitrogens is 1. The summed E-state index contributed by atoms with van der Waals surface area (Å²) < 4.78 is 2.51. The van der Waals surface area contributed by atoms with E-state index in [-0.39, 0.29) is 0 Å². The molecule has 9 aromatic rings. The van der Waals surface area contributed by atoms with Gasteiger partial charge in [-0.3, -0.25) is 0 Å². The molecule has 0 bridgehead atoms. The molecular formula is C42H27N. The Morgan fingerprint density at radius 3 is 1.35 bits per heavy atom. The topological polar surface area (TPSA) is 4.93 Å². The Bertz CT molecular complexity index is 2390. The van der Waals surface area contributed by atoms with Crippen LogP contribution >= 0.6 is 0 Å². The van der Waals surface area contributed by atoms with Crippen LogP contribution in [0.15, 0.2) is 164 Å². The summed E-state index contributed by atoms with van der Waals surface area (Å²) in [7, 11) is 0. The highest BCUT2D eigenvalue weighted by Gasteiger charge is 2.19. The van der Waals surface area contributed by atoms with Crippen LogP contribution in [0.25, 0.3) is 82.1 Å². The average molecular weight is 546 g/mol. The molecule has 0 radical (unpaired) electrons. The van der Waals surface area contributed by atoms with Gasteiger partial charge >= 0.3 is 0 Å². The van der Waals surface area contributed by atoms with E-state index >= 15 is 0 Å². The van der Waals surface area contributed by atoms with E-state index in [1.165, 1.54) is 76.4 Å². The van der Waals surface area contributed by atoms with Gasteiger partial charge in [-0.1, -0.05) is 140 Å². The number of hydrogen-bond donors (Lipinski definition) is 0. The maximum Gasteiger partial charge on any atom is 0.0625 e. The first-order valence-corrected chi connectivity index (χ1v) is 14.9. The molecule has 0 aliphatic carbocycles. The van der Waals surface area contributed by atoms with Crippen LogP contribution in [0.2, 0.25) is 0 Å². The van der Waals surface area contributed by atoms with Crippen molar-refractivity contribution in [2.75, 3.05) is 0 Å². The number of nitrogens with zero attached hydrogens (tertiary/aromatic N) is 1. The Labute approximate surface area is 249 Å². The summed E-state index contributed by atoms with van der Waals surface area (Å²) >= 11 is 0. The van der Waals surface area contributed by atoms with E-state index in [0.29, 0.717) is 0 Å². The van der Waals surface area contributed by atoms with Gasteiger partial charge in [-0.25, -0.2) is 0 Å². The van der Waals surface area contributed by atoms with Crippen molar-refractivity contribution in [3.63, 3.8) is 0 Å². The molecule has 0 saturated heterocycles. The van der Waals surface area contributed by atoms with Crippen LogP contribution in [0, 0.1) is 0 Å². The SMILES string of the molecule is c1ccc(-c2cc(-c3ccccc3)cc(-n3c4ccccc4c4ccc5c6ccccc6c6ccccc6c5c43)c2)cc1. The summed E-state index contributed by atoms with van der Waals surface area (Å²) in [6, 6.07) is 59.7. The molecule has 43 heavy (non-hydrogen) atoms. The Balaban J connectivity index is 1.49. The number of fused-ring (bicyclic) bond motifs is 10. The minimum Gasteiger partial charge on any atom is -0.309 e. The first-order valence-electron chi connectivity index (χ1n) is 14.9. The fourth-order valence-electron chi connectivity index (χ4n) is 7.05.